The van der Waals surface area contributed by atoms with Crippen molar-refractivity contribution in [2.75, 3.05) is 34.4 Å². The van der Waals surface area contributed by atoms with Crippen LogP contribution in [0, 0.1) is 5.92 Å². The predicted octanol–water partition coefficient (Wildman–Crippen LogP) is 6.03. The van der Waals surface area contributed by atoms with Crippen molar-refractivity contribution in [1.82, 2.24) is 19.9 Å². The van der Waals surface area contributed by atoms with Crippen LogP contribution in [0.3, 0.4) is 0 Å². The Morgan fingerprint density at radius 1 is 0.971 bits per heavy atom. The third kappa shape index (κ3) is 4.70. The molecule has 6 nitrogen and oxygen atoms in total. The van der Waals surface area contributed by atoms with Gasteiger partial charge in [-0.3, -0.25) is 9.97 Å². The van der Waals surface area contributed by atoms with Crippen molar-refractivity contribution in [3.63, 3.8) is 0 Å². The fourth-order valence-corrected chi connectivity index (χ4v) is 4.64. The van der Waals surface area contributed by atoms with Gasteiger partial charge in [0.05, 0.1) is 31.1 Å². The molecule has 0 aliphatic heterocycles. The average Bonchev–Trinajstić information content (AvgIpc) is 3.25. The van der Waals surface area contributed by atoms with Crippen molar-refractivity contribution in [3.8, 4) is 33.9 Å². The number of nitrogens with one attached hydrogen (secondary N) is 1. The number of pyridine rings is 2. The molecule has 5 rings (SSSR count). The Bertz CT molecular complexity index is 1440. The summed E-state index contributed by atoms with van der Waals surface area (Å²) in [6, 6.07) is 18.4. The zero-order chi connectivity index (χ0) is 24.4. The topological polar surface area (TPSA) is 63.3 Å². The number of fused-ring (bicyclic) bond motifs is 3. The van der Waals surface area contributed by atoms with Crippen LogP contribution in [0.15, 0.2) is 73.2 Å². The lowest BCUT2D eigenvalue weighted by Crippen LogP contribution is -2.24. The summed E-state index contributed by atoms with van der Waals surface area (Å²) in [6.45, 7) is 3.88. The van der Waals surface area contributed by atoms with Crippen molar-refractivity contribution in [3.05, 3.63) is 73.2 Å². The van der Waals surface area contributed by atoms with E-state index in [4.69, 9.17) is 9.47 Å². The molecule has 0 radical (unpaired) electrons. The third-order valence-electron chi connectivity index (χ3n) is 6.14. The van der Waals surface area contributed by atoms with Gasteiger partial charge in [-0.25, -0.2) is 0 Å². The molecule has 3 heterocycles. The number of ether oxygens (including phenoxy) is 2. The molecule has 1 unspecified atom stereocenters. The standard InChI is InChI=1S/C29H30N4O2/c1-19(17-33(2)3)18-35-22-9-7-20(8-10-22)28-27(34-4)12-11-24-29(28)23-14-25(31-16-26(23)32-24)21-6-5-13-30-15-21/h5-16,19,32H,17-18H2,1-4H3. The van der Waals surface area contributed by atoms with Gasteiger partial charge in [-0.15, -0.1) is 0 Å². The Morgan fingerprint density at radius 2 is 1.80 bits per heavy atom. The maximum Gasteiger partial charge on any atom is 0.127 e. The average molecular weight is 467 g/mol. The summed E-state index contributed by atoms with van der Waals surface area (Å²) in [6.07, 6.45) is 5.50. The quantitative estimate of drug-likeness (QED) is 0.302. The Balaban J connectivity index is 1.56. The predicted molar refractivity (Wildman–Crippen MR) is 142 cm³/mol. The van der Waals surface area contributed by atoms with Crippen molar-refractivity contribution >= 4 is 21.8 Å². The van der Waals surface area contributed by atoms with Gasteiger partial charge in [0.1, 0.15) is 11.5 Å². The van der Waals surface area contributed by atoms with Crippen LogP contribution in [0.5, 0.6) is 11.5 Å². The van der Waals surface area contributed by atoms with Crippen LogP contribution in [0.1, 0.15) is 6.92 Å². The lowest BCUT2D eigenvalue weighted by Gasteiger charge is -2.17. The molecule has 0 amide bonds. The second-order valence-corrected chi connectivity index (χ2v) is 9.25. The molecule has 2 aromatic carbocycles. The van der Waals surface area contributed by atoms with E-state index in [0.717, 1.165) is 62.2 Å². The molecule has 0 fully saturated rings. The number of benzene rings is 2. The number of methoxy groups -OCH3 is 1. The van der Waals surface area contributed by atoms with Gasteiger partial charge < -0.3 is 19.4 Å². The van der Waals surface area contributed by atoms with Gasteiger partial charge in [0.2, 0.25) is 0 Å². The van der Waals surface area contributed by atoms with Gasteiger partial charge in [0.25, 0.3) is 0 Å². The molecule has 0 spiro atoms. The number of rotatable bonds is 8. The number of hydrogen-bond donors (Lipinski definition) is 1. The number of aromatic amines is 1. The van der Waals surface area contributed by atoms with E-state index in [1.165, 1.54) is 0 Å². The summed E-state index contributed by atoms with van der Waals surface area (Å²) < 4.78 is 11.9. The van der Waals surface area contributed by atoms with Crippen LogP contribution >= 0.6 is 0 Å². The molecule has 0 aliphatic carbocycles. The van der Waals surface area contributed by atoms with E-state index in [2.05, 4.69) is 65.1 Å². The summed E-state index contributed by atoms with van der Waals surface area (Å²) in [7, 11) is 5.88. The zero-order valence-electron chi connectivity index (χ0n) is 20.6. The fourth-order valence-electron chi connectivity index (χ4n) is 4.64. The normalized spacial score (nSPS) is 12.4. The molecule has 6 heteroatoms. The van der Waals surface area contributed by atoms with Crippen LogP contribution in [0.25, 0.3) is 44.2 Å². The smallest absolute Gasteiger partial charge is 0.127 e. The minimum Gasteiger partial charge on any atom is -0.496 e. The number of nitrogens with zero attached hydrogens (tertiary/aromatic N) is 3. The Hall–Kier alpha value is -3.90. The fraction of sp³-hybridized carbons (Fsp3) is 0.241. The molecule has 5 aromatic rings. The Labute approximate surface area is 205 Å². The first-order valence-electron chi connectivity index (χ1n) is 11.8. The Kier molecular flexibility index (Phi) is 6.38. The first kappa shape index (κ1) is 22.9. The van der Waals surface area contributed by atoms with Gasteiger partial charge in [0.15, 0.2) is 0 Å². The molecule has 0 saturated carbocycles. The summed E-state index contributed by atoms with van der Waals surface area (Å²) in [5.74, 6) is 2.14. The highest BCUT2D eigenvalue weighted by atomic mass is 16.5. The lowest BCUT2D eigenvalue weighted by molar-refractivity contribution is 0.222. The van der Waals surface area contributed by atoms with Crippen molar-refractivity contribution in [2.24, 2.45) is 5.92 Å². The highest BCUT2D eigenvalue weighted by molar-refractivity contribution is 6.16. The van der Waals surface area contributed by atoms with Gasteiger partial charge in [-0.1, -0.05) is 19.1 Å². The summed E-state index contributed by atoms with van der Waals surface area (Å²) >= 11 is 0. The van der Waals surface area contributed by atoms with E-state index in [1.807, 2.05) is 42.7 Å². The van der Waals surface area contributed by atoms with E-state index in [0.29, 0.717) is 12.5 Å². The van der Waals surface area contributed by atoms with Gasteiger partial charge in [-0.2, -0.15) is 0 Å². The highest BCUT2D eigenvalue weighted by Gasteiger charge is 2.17. The lowest BCUT2D eigenvalue weighted by atomic mass is 9.98. The van der Waals surface area contributed by atoms with Crippen molar-refractivity contribution < 1.29 is 9.47 Å². The van der Waals surface area contributed by atoms with E-state index < -0.39 is 0 Å². The van der Waals surface area contributed by atoms with Gasteiger partial charge in [-0.05, 0) is 62.1 Å². The molecule has 0 aliphatic rings. The minimum absolute atomic E-state index is 0.451. The largest absolute Gasteiger partial charge is 0.496 e. The van der Waals surface area contributed by atoms with Gasteiger partial charge >= 0.3 is 0 Å². The molecular formula is C29H30N4O2. The zero-order valence-corrected chi connectivity index (χ0v) is 20.6. The SMILES string of the molecule is COc1ccc2[nH]c3cnc(-c4cccnc4)cc3c2c1-c1ccc(OCC(C)CN(C)C)cc1. The molecule has 35 heavy (non-hydrogen) atoms. The number of hydrogen-bond acceptors (Lipinski definition) is 5. The second kappa shape index (κ2) is 9.76. The molecule has 0 bridgehead atoms. The van der Waals surface area contributed by atoms with Crippen LogP contribution in [0.4, 0.5) is 0 Å². The van der Waals surface area contributed by atoms with Crippen LogP contribution < -0.4 is 9.47 Å². The van der Waals surface area contributed by atoms with Crippen LogP contribution in [0.2, 0.25) is 0 Å². The first-order valence-corrected chi connectivity index (χ1v) is 11.8. The van der Waals surface area contributed by atoms with Crippen molar-refractivity contribution in [2.45, 2.75) is 6.92 Å². The molecule has 0 saturated heterocycles. The van der Waals surface area contributed by atoms with Crippen LogP contribution in [-0.4, -0.2) is 54.2 Å². The van der Waals surface area contributed by atoms with Gasteiger partial charge in [0, 0.05) is 52.3 Å². The number of H-pyrrole nitrogens is 1. The van der Waals surface area contributed by atoms with E-state index in [-0.39, 0.29) is 0 Å². The van der Waals surface area contributed by atoms with E-state index in [1.54, 1.807) is 13.3 Å². The maximum absolute atomic E-state index is 6.05. The first-order chi connectivity index (χ1) is 17.0. The second-order valence-electron chi connectivity index (χ2n) is 9.25. The molecule has 178 valence electrons. The highest BCUT2D eigenvalue weighted by Crippen LogP contribution is 2.41. The third-order valence-corrected chi connectivity index (χ3v) is 6.14. The number of aromatic nitrogens is 3. The molecule has 3 aromatic heterocycles. The monoisotopic (exact) mass is 466 g/mol. The minimum atomic E-state index is 0.451. The molecule has 1 atom stereocenters. The maximum atomic E-state index is 6.05. The van der Waals surface area contributed by atoms with E-state index in [9.17, 15) is 0 Å². The summed E-state index contributed by atoms with van der Waals surface area (Å²) in [4.78, 5) is 14.6. The van der Waals surface area contributed by atoms with Crippen LogP contribution in [-0.2, 0) is 0 Å². The van der Waals surface area contributed by atoms with E-state index >= 15 is 0 Å². The molecular weight excluding hydrogens is 436 g/mol. The summed E-state index contributed by atoms with van der Waals surface area (Å²) in [5.41, 5.74) is 6.01. The molecule has 1 N–H and O–H groups in total. The Morgan fingerprint density at radius 3 is 2.51 bits per heavy atom. The van der Waals surface area contributed by atoms with Crippen molar-refractivity contribution in [1.29, 1.82) is 0 Å². The summed E-state index contributed by atoms with van der Waals surface area (Å²) in [5, 5.41) is 2.21.